The molecule has 0 fully saturated rings. The third kappa shape index (κ3) is 2.55. The van der Waals surface area contributed by atoms with Gasteiger partial charge in [0.1, 0.15) is 0 Å². The Morgan fingerprint density at radius 2 is 2.08 bits per heavy atom. The van der Waals surface area contributed by atoms with Crippen molar-refractivity contribution in [2.24, 2.45) is 5.92 Å². The number of nitrogens with one attached hydrogen (secondary N) is 1. The summed E-state index contributed by atoms with van der Waals surface area (Å²) in [6, 6.07) is 4.91. The zero-order valence-electron chi connectivity index (χ0n) is 8.71. The van der Waals surface area contributed by atoms with Crippen LogP contribution in [0.3, 0.4) is 0 Å². The average Bonchev–Trinajstić information content (AvgIpc) is 2.66. The molecule has 0 amide bonds. The topological polar surface area (TPSA) is 12.0 Å². The van der Waals surface area contributed by atoms with Crippen molar-refractivity contribution in [1.29, 1.82) is 0 Å². The van der Waals surface area contributed by atoms with E-state index < -0.39 is 0 Å². The van der Waals surface area contributed by atoms with Crippen molar-refractivity contribution in [3.63, 3.8) is 0 Å². The monoisotopic (exact) mass is 197 g/mol. The minimum absolute atomic E-state index is 0.551. The summed E-state index contributed by atoms with van der Waals surface area (Å²) < 4.78 is 0. The molecule has 0 saturated heterocycles. The van der Waals surface area contributed by atoms with Crippen molar-refractivity contribution < 1.29 is 0 Å². The quantitative estimate of drug-likeness (QED) is 0.762. The summed E-state index contributed by atoms with van der Waals surface area (Å²) in [4.78, 5) is 1.47. The second-order valence-corrected chi connectivity index (χ2v) is 4.34. The van der Waals surface area contributed by atoms with E-state index >= 15 is 0 Å². The van der Waals surface area contributed by atoms with Crippen LogP contribution in [-0.4, -0.2) is 7.05 Å². The van der Waals surface area contributed by atoms with Crippen LogP contribution >= 0.6 is 11.3 Å². The van der Waals surface area contributed by atoms with Gasteiger partial charge in [0.2, 0.25) is 0 Å². The molecule has 1 unspecified atom stereocenters. The summed E-state index contributed by atoms with van der Waals surface area (Å²) in [5.41, 5.74) is 0. The summed E-state index contributed by atoms with van der Waals surface area (Å²) >= 11 is 1.85. The van der Waals surface area contributed by atoms with Crippen molar-refractivity contribution in [3.05, 3.63) is 22.4 Å². The highest BCUT2D eigenvalue weighted by atomic mass is 32.1. The fourth-order valence-corrected chi connectivity index (χ4v) is 2.77. The van der Waals surface area contributed by atoms with E-state index in [2.05, 4.69) is 43.7 Å². The van der Waals surface area contributed by atoms with Crippen LogP contribution in [-0.2, 0) is 0 Å². The molecule has 0 bridgehead atoms. The molecule has 0 aliphatic carbocycles. The second-order valence-electron chi connectivity index (χ2n) is 3.36. The lowest BCUT2D eigenvalue weighted by Gasteiger charge is -2.23. The van der Waals surface area contributed by atoms with Crippen LogP contribution in [0.25, 0.3) is 0 Å². The summed E-state index contributed by atoms with van der Waals surface area (Å²) in [6.45, 7) is 4.54. The van der Waals surface area contributed by atoms with Crippen LogP contribution in [0.15, 0.2) is 17.5 Å². The van der Waals surface area contributed by atoms with E-state index in [1.807, 2.05) is 11.3 Å². The van der Waals surface area contributed by atoms with Crippen molar-refractivity contribution >= 4 is 11.3 Å². The Balaban J connectivity index is 2.72. The normalized spacial score (nSPS) is 13.5. The van der Waals surface area contributed by atoms with Gasteiger partial charge in [-0.2, -0.15) is 0 Å². The van der Waals surface area contributed by atoms with E-state index in [-0.39, 0.29) is 0 Å². The molecular formula is C11H19NS. The Bertz CT molecular complexity index is 214. The SMILES string of the molecule is CCC(CC)C(NC)c1cccs1. The zero-order valence-corrected chi connectivity index (χ0v) is 9.53. The molecule has 0 radical (unpaired) electrons. The van der Waals surface area contributed by atoms with Crippen LogP contribution in [0.1, 0.15) is 37.6 Å². The molecule has 1 aromatic heterocycles. The van der Waals surface area contributed by atoms with E-state index in [0.717, 1.165) is 5.92 Å². The molecule has 0 spiro atoms. The molecule has 1 N–H and O–H groups in total. The molecule has 0 aliphatic rings. The van der Waals surface area contributed by atoms with Crippen LogP contribution < -0.4 is 5.32 Å². The fourth-order valence-electron chi connectivity index (χ4n) is 1.84. The molecule has 1 nitrogen and oxygen atoms in total. The lowest BCUT2D eigenvalue weighted by atomic mass is 9.93. The van der Waals surface area contributed by atoms with Crippen molar-refractivity contribution in [1.82, 2.24) is 5.32 Å². The molecule has 1 rings (SSSR count). The Kier molecular flexibility index (Phi) is 4.46. The molecule has 0 aliphatic heterocycles. The van der Waals surface area contributed by atoms with Gasteiger partial charge in [0.15, 0.2) is 0 Å². The highest BCUT2D eigenvalue weighted by Crippen LogP contribution is 2.29. The van der Waals surface area contributed by atoms with Gasteiger partial charge in [-0.15, -0.1) is 11.3 Å². The second kappa shape index (κ2) is 5.40. The first kappa shape index (κ1) is 10.7. The maximum atomic E-state index is 3.42. The van der Waals surface area contributed by atoms with Gasteiger partial charge in [-0.25, -0.2) is 0 Å². The fraction of sp³-hybridized carbons (Fsp3) is 0.636. The molecular weight excluding hydrogens is 178 g/mol. The van der Waals surface area contributed by atoms with E-state index in [1.165, 1.54) is 17.7 Å². The standard InChI is InChI=1S/C11H19NS/c1-4-9(5-2)11(12-3)10-7-6-8-13-10/h6-9,11-12H,4-5H2,1-3H3. The molecule has 0 aromatic carbocycles. The average molecular weight is 197 g/mol. The van der Waals surface area contributed by atoms with E-state index in [1.54, 1.807) is 0 Å². The molecule has 2 heteroatoms. The van der Waals surface area contributed by atoms with Gasteiger partial charge < -0.3 is 5.32 Å². The lowest BCUT2D eigenvalue weighted by molar-refractivity contribution is 0.364. The smallest absolute Gasteiger partial charge is 0.0440 e. The maximum Gasteiger partial charge on any atom is 0.0440 e. The predicted molar refractivity (Wildman–Crippen MR) is 60.2 cm³/mol. The van der Waals surface area contributed by atoms with Gasteiger partial charge in [0.05, 0.1) is 0 Å². The largest absolute Gasteiger partial charge is 0.312 e. The number of hydrogen-bond acceptors (Lipinski definition) is 2. The van der Waals surface area contributed by atoms with Gasteiger partial charge >= 0.3 is 0 Å². The number of hydrogen-bond donors (Lipinski definition) is 1. The summed E-state index contributed by atoms with van der Waals surface area (Å²) in [5.74, 6) is 0.767. The Labute approximate surface area is 85.2 Å². The van der Waals surface area contributed by atoms with Crippen LogP contribution in [0.4, 0.5) is 0 Å². The van der Waals surface area contributed by atoms with Crippen LogP contribution in [0.5, 0.6) is 0 Å². The summed E-state index contributed by atoms with van der Waals surface area (Å²) in [7, 11) is 2.06. The van der Waals surface area contributed by atoms with Crippen molar-refractivity contribution in [2.45, 2.75) is 32.7 Å². The highest BCUT2D eigenvalue weighted by molar-refractivity contribution is 7.10. The van der Waals surface area contributed by atoms with Gasteiger partial charge in [0.25, 0.3) is 0 Å². The van der Waals surface area contributed by atoms with E-state index in [4.69, 9.17) is 0 Å². The van der Waals surface area contributed by atoms with E-state index in [9.17, 15) is 0 Å². The van der Waals surface area contributed by atoms with Crippen LogP contribution in [0.2, 0.25) is 0 Å². The van der Waals surface area contributed by atoms with Gasteiger partial charge in [-0.3, -0.25) is 0 Å². The van der Waals surface area contributed by atoms with Crippen molar-refractivity contribution in [2.75, 3.05) is 7.05 Å². The minimum Gasteiger partial charge on any atom is -0.312 e. The lowest BCUT2D eigenvalue weighted by Crippen LogP contribution is -2.23. The van der Waals surface area contributed by atoms with E-state index in [0.29, 0.717) is 6.04 Å². The molecule has 1 heterocycles. The summed E-state index contributed by atoms with van der Waals surface area (Å²) in [5, 5.41) is 5.57. The van der Waals surface area contributed by atoms with Gasteiger partial charge in [-0.1, -0.05) is 32.8 Å². The minimum atomic E-state index is 0.551. The molecule has 0 saturated carbocycles. The predicted octanol–water partition coefficient (Wildman–Crippen LogP) is 3.44. The zero-order chi connectivity index (χ0) is 9.68. The first-order chi connectivity index (χ1) is 6.33. The summed E-state index contributed by atoms with van der Waals surface area (Å²) in [6.07, 6.45) is 2.50. The first-order valence-corrected chi connectivity index (χ1v) is 5.92. The Morgan fingerprint density at radius 3 is 2.46 bits per heavy atom. The molecule has 1 aromatic rings. The maximum absolute atomic E-state index is 3.42. The third-order valence-corrected chi connectivity index (χ3v) is 3.64. The Hall–Kier alpha value is -0.340. The van der Waals surface area contributed by atoms with Gasteiger partial charge in [-0.05, 0) is 24.4 Å². The molecule has 74 valence electrons. The Morgan fingerprint density at radius 1 is 1.38 bits per heavy atom. The van der Waals surface area contributed by atoms with Crippen LogP contribution in [0, 0.1) is 5.92 Å². The molecule has 1 atom stereocenters. The van der Waals surface area contributed by atoms with Gasteiger partial charge in [0, 0.05) is 10.9 Å². The third-order valence-electron chi connectivity index (χ3n) is 2.68. The first-order valence-electron chi connectivity index (χ1n) is 5.04. The highest BCUT2D eigenvalue weighted by Gasteiger charge is 2.18. The number of rotatable bonds is 5. The number of thiophene rings is 1. The van der Waals surface area contributed by atoms with Crippen molar-refractivity contribution in [3.8, 4) is 0 Å². The molecule has 13 heavy (non-hydrogen) atoms.